The molecule has 8 aromatic rings. The first-order chi connectivity index (χ1) is 17.9. The van der Waals surface area contributed by atoms with Crippen molar-refractivity contribution >= 4 is 54.9 Å². The third kappa shape index (κ3) is 2.64. The largest absolute Gasteiger partial charge is 0.292 e. The molecule has 0 amide bonds. The van der Waals surface area contributed by atoms with Crippen molar-refractivity contribution in [3.05, 3.63) is 121 Å². The summed E-state index contributed by atoms with van der Waals surface area (Å²) in [7, 11) is 0. The summed E-state index contributed by atoms with van der Waals surface area (Å²) in [6.07, 6.45) is 0. The molecule has 0 unspecified atom stereocenters. The van der Waals surface area contributed by atoms with Gasteiger partial charge in [-0.1, -0.05) is 84.9 Å². The van der Waals surface area contributed by atoms with Crippen molar-refractivity contribution in [3.8, 4) is 11.4 Å². The molecule has 0 saturated heterocycles. The Morgan fingerprint density at radius 1 is 0.417 bits per heavy atom. The standard InChI is InChI=1S/C32H20N4/c1-2-12-23(13-3-1)35-27-16-8-6-14-25(27)29-31(35)34-32-30(33-29)26-15-7-9-17-28(26)36(32)24-19-18-21-10-4-5-11-22(21)20-24/h1-20H. The minimum atomic E-state index is 0.860. The quantitative estimate of drug-likeness (QED) is 0.264. The number of fused-ring (bicyclic) bond motifs is 7. The predicted octanol–water partition coefficient (Wildman–Crippen LogP) is 7.82. The summed E-state index contributed by atoms with van der Waals surface area (Å²) in [5.74, 6) is 0. The second kappa shape index (κ2) is 7.27. The molecule has 0 N–H and O–H groups in total. The number of hydrogen-bond acceptors (Lipinski definition) is 2. The zero-order chi connectivity index (χ0) is 23.6. The van der Waals surface area contributed by atoms with Crippen LogP contribution in [0, 0.1) is 0 Å². The van der Waals surface area contributed by atoms with Gasteiger partial charge in [-0.2, -0.15) is 0 Å². The van der Waals surface area contributed by atoms with Gasteiger partial charge in [0.05, 0.1) is 11.0 Å². The summed E-state index contributed by atoms with van der Waals surface area (Å²) in [6.45, 7) is 0. The molecule has 0 bridgehead atoms. The summed E-state index contributed by atoms with van der Waals surface area (Å²) in [4.78, 5) is 10.6. The fourth-order valence-corrected chi connectivity index (χ4v) is 5.47. The summed E-state index contributed by atoms with van der Waals surface area (Å²) < 4.78 is 4.47. The van der Waals surface area contributed by atoms with E-state index in [0.29, 0.717) is 0 Å². The van der Waals surface area contributed by atoms with Crippen molar-refractivity contribution in [1.82, 2.24) is 19.1 Å². The van der Waals surface area contributed by atoms with Crippen LogP contribution in [-0.2, 0) is 0 Å². The molecular weight excluding hydrogens is 440 g/mol. The van der Waals surface area contributed by atoms with E-state index in [1.165, 1.54) is 10.8 Å². The van der Waals surface area contributed by atoms with E-state index < -0.39 is 0 Å². The number of rotatable bonds is 2. The zero-order valence-electron chi connectivity index (χ0n) is 19.3. The van der Waals surface area contributed by atoms with Gasteiger partial charge < -0.3 is 0 Å². The number of hydrogen-bond donors (Lipinski definition) is 0. The lowest BCUT2D eigenvalue weighted by Crippen LogP contribution is -1.99. The van der Waals surface area contributed by atoms with E-state index in [1.54, 1.807) is 0 Å². The molecule has 5 aromatic carbocycles. The van der Waals surface area contributed by atoms with Gasteiger partial charge in [0.15, 0.2) is 11.3 Å². The van der Waals surface area contributed by atoms with Crippen molar-refractivity contribution in [2.24, 2.45) is 0 Å². The number of para-hydroxylation sites is 3. The molecular formula is C32H20N4. The fraction of sp³-hybridized carbons (Fsp3) is 0. The molecule has 0 radical (unpaired) electrons. The third-order valence-corrected chi connectivity index (χ3v) is 7.09. The maximum Gasteiger partial charge on any atom is 0.166 e. The summed E-state index contributed by atoms with van der Waals surface area (Å²) in [6, 6.07) is 42.3. The van der Waals surface area contributed by atoms with Crippen molar-refractivity contribution in [1.29, 1.82) is 0 Å². The highest BCUT2D eigenvalue weighted by Crippen LogP contribution is 2.36. The van der Waals surface area contributed by atoms with Gasteiger partial charge in [-0.15, -0.1) is 0 Å². The van der Waals surface area contributed by atoms with Crippen LogP contribution in [0.2, 0.25) is 0 Å². The number of benzene rings is 5. The highest BCUT2D eigenvalue weighted by atomic mass is 15.1. The van der Waals surface area contributed by atoms with E-state index in [2.05, 4.69) is 124 Å². The summed E-state index contributed by atoms with van der Waals surface area (Å²) in [5.41, 5.74) is 7.92. The molecule has 0 aliphatic heterocycles. The average Bonchev–Trinajstić information content (AvgIpc) is 3.44. The van der Waals surface area contributed by atoms with Gasteiger partial charge in [-0.05, 0) is 47.2 Å². The lowest BCUT2D eigenvalue weighted by Gasteiger charge is -2.09. The van der Waals surface area contributed by atoms with E-state index in [4.69, 9.17) is 9.97 Å². The normalized spacial score (nSPS) is 11.9. The molecule has 168 valence electrons. The maximum atomic E-state index is 5.35. The molecule has 0 aliphatic rings. The maximum absolute atomic E-state index is 5.35. The van der Waals surface area contributed by atoms with Gasteiger partial charge >= 0.3 is 0 Å². The van der Waals surface area contributed by atoms with Crippen LogP contribution in [0.15, 0.2) is 121 Å². The molecule has 0 fully saturated rings. The zero-order valence-corrected chi connectivity index (χ0v) is 19.3. The van der Waals surface area contributed by atoms with Crippen LogP contribution in [-0.4, -0.2) is 19.1 Å². The van der Waals surface area contributed by atoms with Crippen LogP contribution >= 0.6 is 0 Å². The van der Waals surface area contributed by atoms with Gasteiger partial charge in [0.1, 0.15) is 11.0 Å². The minimum Gasteiger partial charge on any atom is -0.292 e. The molecule has 3 heterocycles. The molecule has 0 saturated carbocycles. The monoisotopic (exact) mass is 460 g/mol. The second-order valence-corrected chi connectivity index (χ2v) is 9.14. The molecule has 0 atom stereocenters. The molecule has 0 aliphatic carbocycles. The number of nitrogens with zero attached hydrogens (tertiary/aromatic N) is 4. The second-order valence-electron chi connectivity index (χ2n) is 9.14. The summed E-state index contributed by atoms with van der Waals surface area (Å²) in [5, 5.41) is 4.63. The Morgan fingerprint density at radius 2 is 0.972 bits per heavy atom. The van der Waals surface area contributed by atoms with Gasteiger partial charge in [0.2, 0.25) is 0 Å². The Labute approximate surface area is 206 Å². The van der Waals surface area contributed by atoms with Gasteiger partial charge in [-0.3, -0.25) is 9.13 Å². The van der Waals surface area contributed by atoms with Crippen LogP contribution in [0.5, 0.6) is 0 Å². The first-order valence-electron chi connectivity index (χ1n) is 12.1. The van der Waals surface area contributed by atoms with E-state index in [-0.39, 0.29) is 0 Å². The Bertz CT molecular complexity index is 2100. The van der Waals surface area contributed by atoms with Crippen molar-refractivity contribution in [2.75, 3.05) is 0 Å². The Balaban J connectivity index is 1.55. The van der Waals surface area contributed by atoms with Gasteiger partial charge in [-0.25, -0.2) is 9.97 Å². The van der Waals surface area contributed by atoms with Crippen LogP contribution in [0.25, 0.3) is 66.3 Å². The molecule has 0 spiro atoms. The Kier molecular flexibility index (Phi) is 3.91. The highest BCUT2D eigenvalue weighted by Gasteiger charge is 2.20. The first-order valence-corrected chi connectivity index (χ1v) is 12.1. The molecule has 36 heavy (non-hydrogen) atoms. The smallest absolute Gasteiger partial charge is 0.166 e. The van der Waals surface area contributed by atoms with Crippen LogP contribution in [0.3, 0.4) is 0 Å². The summed E-state index contributed by atoms with van der Waals surface area (Å²) >= 11 is 0. The third-order valence-electron chi connectivity index (χ3n) is 7.09. The van der Waals surface area contributed by atoms with Crippen LogP contribution in [0.4, 0.5) is 0 Å². The Morgan fingerprint density at radius 3 is 1.67 bits per heavy atom. The molecule has 4 heteroatoms. The Hall–Kier alpha value is -4.96. The van der Waals surface area contributed by atoms with Crippen molar-refractivity contribution in [3.63, 3.8) is 0 Å². The van der Waals surface area contributed by atoms with Gasteiger partial charge in [0.25, 0.3) is 0 Å². The first kappa shape index (κ1) is 19.4. The van der Waals surface area contributed by atoms with Crippen LogP contribution < -0.4 is 0 Å². The van der Waals surface area contributed by atoms with E-state index in [9.17, 15) is 0 Å². The fourth-order valence-electron chi connectivity index (χ4n) is 5.47. The highest BCUT2D eigenvalue weighted by molar-refractivity contribution is 6.12. The minimum absolute atomic E-state index is 0.860. The van der Waals surface area contributed by atoms with Crippen molar-refractivity contribution in [2.45, 2.75) is 0 Å². The average molecular weight is 461 g/mol. The molecule has 4 nitrogen and oxygen atoms in total. The predicted molar refractivity (Wildman–Crippen MR) is 148 cm³/mol. The van der Waals surface area contributed by atoms with Gasteiger partial charge in [0, 0.05) is 22.1 Å². The van der Waals surface area contributed by atoms with E-state index in [0.717, 1.165) is 55.5 Å². The molecule has 8 rings (SSSR count). The van der Waals surface area contributed by atoms with E-state index in [1.807, 2.05) is 6.07 Å². The molecule has 3 aromatic heterocycles. The topological polar surface area (TPSA) is 35.6 Å². The van der Waals surface area contributed by atoms with Crippen LogP contribution in [0.1, 0.15) is 0 Å². The van der Waals surface area contributed by atoms with E-state index >= 15 is 0 Å². The lowest BCUT2D eigenvalue weighted by molar-refractivity contribution is 1.10. The lowest BCUT2D eigenvalue weighted by atomic mass is 10.1. The SMILES string of the molecule is c1ccc(-n2c3ccccc3c3nc4c5ccccc5n(-c5ccc6ccccc6c5)c4nc32)cc1. The van der Waals surface area contributed by atoms with Crippen molar-refractivity contribution < 1.29 is 0 Å². The number of aromatic nitrogens is 4.